The van der Waals surface area contributed by atoms with Crippen molar-refractivity contribution in [2.75, 3.05) is 0 Å². The van der Waals surface area contributed by atoms with Gasteiger partial charge in [0, 0.05) is 0 Å². The SMILES string of the molecule is CC[C@@H](O)c1ccc(OCc2nnn(C)n2)cc1. The van der Waals surface area contributed by atoms with Gasteiger partial charge in [0.1, 0.15) is 5.75 Å². The van der Waals surface area contributed by atoms with Crippen molar-refractivity contribution in [3.63, 3.8) is 0 Å². The van der Waals surface area contributed by atoms with Crippen LogP contribution in [0.1, 0.15) is 30.8 Å². The lowest BCUT2D eigenvalue weighted by Gasteiger charge is -2.09. The molecule has 0 fully saturated rings. The van der Waals surface area contributed by atoms with Gasteiger partial charge in [-0.3, -0.25) is 0 Å². The lowest BCUT2D eigenvalue weighted by molar-refractivity contribution is 0.173. The molecule has 18 heavy (non-hydrogen) atoms. The van der Waals surface area contributed by atoms with Crippen LogP contribution < -0.4 is 4.74 Å². The van der Waals surface area contributed by atoms with Gasteiger partial charge in [-0.25, -0.2) is 0 Å². The molecule has 2 aromatic rings. The Kier molecular flexibility index (Phi) is 3.88. The van der Waals surface area contributed by atoms with Crippen LogP contribution in [-0.2, 0) is 13.7 Å². The highest BCUT2D eigenvalue weighted by atomic mass is 16.5. The number of tetrazole rings is 1. The van der Waals surface area contributed by atoms with Crippen molar-refractivity contribution in [2.24, 2.45) is 7.05 Å². The maximum absolute atomic E-state index is 9.66. The van der Waals surface area contributed by atoms with Crippen LogP contribution in [0, 0.1) is 0 Å². The first-order valence-corrected chi connectivity index (χ1v) is 5.82. The number of ether oxygens (including phenoxy) is 1. The number of hydrogen-bond donors (Lipinski definition) is 1. The molecule has 1 atom stereocenters. The molecule has 1 aromatic heterocycles. The van der Waals surface area contributed by atoms with Crippen LogP contribution in [0.5, 0.6) is 5.75 Å². The van der Waals surface area contributed by atoms with Crippen LogP contribution in [0.2, 0.25) is 0 Å². The van der Waals surface area contributed by atoms with E-state index in [9.17, 15) is 5.11 Å². The molecule has 1 heterocycles. The highest BCUT2D eigenvalue weighted by Crippen LogP contribution is 2.20. The molecule has 1 aromatic carbocycles. The second-order valence-electron chi connectivity index (χ2n) is 3.98. The largest absolute Gasteiger partial charge is 0.485 e. The number of aliphatic hydroxyl groups excluding tert-OH is 1. The van der Waals surface area contributed by atoms with Gasteiger partial charge in [-0.2, -0.15) is 4.80 Å². The molecule has 0 spiro atoms. The van der Waals surface area contributed by atoms with E-state index in [1.807, 2.05) is 31.2 Å². The van der Waals surface area contributed by atoms with Crippen molar-refractivity contribution < 1.29 is 9.84 Å². The molecular weight excluding hydrogens is 232 g/mol. The molecule has 2 rings (SSSR count). The smallest absolute Gasteiger partial charge is 0.212 e. The van der Waals surface area contributed by atoms with Crippen LogP contribution in [0.25, 0.3) is 0 Å². The average molecular weight is 248 g/mol. The number of rotatable bonds is 5. The van der Waals surface area contributed by atoms with E-state index in [4.69, 9.17) is 4.74 Å². The molecule has 96 valence electrons. The Morgan fingerprint density at radius 2 is 2.06 bits per heavy atom. The summed E-state index contributed by atoms with van der Waals surface area (Å²) in [6, 6.07) is 7.36. The maximum atomic E-state index is 9.66. The van der Waals surface area contributed by atoms with Crippen molar-refractivity contribution in [2.45, 2.75) is 26.1 Å². The van der Waals surface area contributed by atoms with Crippen LogP contribution in [0.3, 0.4) is 0 Å². The van der Waals surface area contributed by atoms with Gasteiger partial charge in [0.25, 0.3) is 0 Å². The number of aromatic nitrogens is 4. The third-order valence-corrected chi connectivity index (χ3v) is 2.57. The minimum Gasteiger partial charge on any atom is -0.485 e. The van der Waals surface area contributed by atoms with E-state index >= 15 is 0 Å². The van der Waals surface area contributed by atoms with Crippen molar-refractivity contribution in [1.82, 2.24) is 20.2 Å². The van der Waals surface area contributed by atoms with E-state index in [2.05, 4.69) is 15.4 Å². The summed E-state index contributed by atoms with van der Waals surface area (Å²) in [6.45, 7) is 2.22. The van der Waals surface area contributed by atoms with Crippen LogP contribution in [0.15, 0.2) is 24.3 Å². The van der Waals surface area contributed by atoms with Gasteiger partial charge in [-0.1, -0.05) is 19.1 Å². The van der Waals surface area contributed by atoms with Crippen molar-refractivity contribution in [1.29, 1.82) is 0 Å². The molecule has 0 aliphatic heterocycles. The predicted molar refractivity (Wildman–Crippen MR) is 64.8 cm³/mol. The Hall–Kier alpha value is -1.95. The van der Waals surface area contributed by atoms with E-state index in [1.165, 1.54) is 4.80 Å². The number of benzene rings is 1. The van der Waals surface area contributed by atoms with Gasteiger partial charge in [-0.15, -0.1) is 10.2 Å². The molecule has 6 nitrogen and oxygen atoms in total. The molecular formula is C12H16N4O2. The molecule has 0 radical (unpaired) electrons. The second kappa shape index (κ2) is 5.59. The minimum atomic E-state index is -0.416. The van der Waals surface area contributed by atoms with Gasteiger partial charge in [0.05, 0.1) is 13.2 Å². The van der Waals surface area contributed by atoms with E-state index in [0.717, 1.165) is 11.3 Å². The zero-order valence-electron chi connectivity index (χ0n) is 10.4. The standard InChI is InChI=1S/C12H16N4O2/c1-3-11(17)9-4-6-10(7-5-9)18-8-12-13-15-16(2)14-12/h4-7,11,17H,3,8H2,1-2H3/t11-/m1/s1. The van der Waals surface area contributed by atoms with Gasteiger partial charge in [0.15, 0.2) is 6.61 Å². The second-order valence-corrected chi connectivity index (χ2v) is 3.98. The minimum absolute atomic E-state index is 0.281. The zero-order valence-corrected chi connectivity index (χ0v) is 10.4. The fourth-order valence-electron chi connectivity index (χ4n) is 1.55. The van der Waals surface area contributed by atoms with E-state index in [-0.39, 0.29) is 6.61 Å². The summed E-state index contributed by atoms with van der Waals surface area (Å²) >= 11 is 0. The molecule has 0 amide bonds. The summed E-state index contributed by atoms with van der Waals surface area (Å²) in [6.07, 6.45) is 0.282. The van der Waals surface area contributed by atoms with Crippen molar-refractivity contribution >= 4 is 0 Å². The topological polar surface area (TPSA) is 73.1 Å². The lowest BCUT2D eigenvalue weighted by atomic mass is 10.1. The normalized spacial score (nSPS) is 12.4. The average Bonchev–Trinajstić information content (AvgIpc) is 2.82. The summed E-state index contributed by atoms with van der Waals surface area (Å²) < 4.78 is 5.51. The fourth-order valence-corrected chi connectivity index (χ4v) is 1.55. The summed E-state index contributed by atoms with van der Waals surface area (Å²) in [4.78, 5) is 1.39. The summed E-state index contributed by atoms with van der Waals surface area (Å²) in [5.41, 5.74) is 0.891. The van der Waals surface area contributed by atoms with Crippen LogP contribution >= 0.6 is 0 Å². The highest BCUT2D eigenvalue weighted by molar-refractivity contribution is 5.28. The summed E-state index contributed by atoms with van der Waals surface area (Å²) in [5.74, 6) is 1.25. The number of nitrogens with zero attached hydrogens (tertiary/aromatic N) is 4. The maximum Gasteiger partial charge on any atom is 0.212 e. The Morgan fingerprint density at radius 3 is 2.61 bits per heavy atom. The van der Waals surface area contributed by atoms with E-state index in [0.29, 0.717) is 12.2 Å². The van der Waals surface area contributed by atoms with Gasteiger partial charge < -0.3 is 9.84 Å². The quantitative estimate of drug-likeness (QED) is 0.861. The molecule has 0 aliphatic carbocycles. The molecule has 1 N–H and O–H groups in total. The Balaban J connectivity index is 1.94. The number of aryl methyl sites for hydroxylation is 1. The van der Waals surface area contributed by atoms with Crippen LogP contribution in [-0.4, -0.2) is 25.3 Å². The first-order valence-electron chi connectivity index (χ1n) is 5.82. The first kappa shape index (κ1) is 12.5. The van der Waals surface area contributed by atoms with Gasteiger partial charge in [0.2, 0.25) is 5.82 Å². The Bertz CT molecular complexity index is 495. The lowest BCUT2D eigenvalue weighted by Crippen LogP contribution is -2.00. The monoisotopic (exact) mass is 248 g/mol. The molecule has 0 saturated carbocycles. The van der Waals surface area contributed by atoms with Crippen LogP contribution in [0.4, 0.5) is 0 Å². The van der Waals surface area contributed by atoms with Gasteiger partial charge >= 0.3 is 0 Å². The molecule has 0 bridgehead atoms. The third-order valence-electron chi connectivity index (χ3n) is 2.57. The van der Waals surface area contributed by atoms with Gasteiger partial charge in [-0.05, 0) is 29.3 Å². The van der Waals surface area contributed by atoms with E-state index in [1.54, 1.807) is 7.05 Å². The number of aliphatic hydroxyl groups is 1. The Labute approximate surface area is 105 Å². The predicted octanol–water partition coefficient (Wildman–Crippen LogP) is 1.23. The first-order chi connectivity index (χ1) is 8.69. The fraction of sp³-hybridized carbons (Fsp3) is 0.417. The van der Waals surface area contributed by atoms with E-state index < -0.39 is 6.10 Å². The third kappa shape index (κ3) is 3.04. The molecule has 0 saturated heterocycles. The highest BCUT2D eigenvalue weighted by Gasteiger charge is 2.05. The molecule has 0 aliphatic rings. The van der Waals surface area contributed by atoms with Crippen molar-refractivity contribution in [3.8, 4) is 5.75 Å². The van der Waals surface area contributed by atoms with Crippen molar-refractivity contribution in [3.05, 3.63) is 35.7 Å². The molecule has 0 unspecified atom stereocenters. The molecule has 6 heteroatoms. The Morgan fingerprint density at radius 1 is 1.33 bits per heavy atom. The number of hydrogen-bond acceptors (Lipinski definition) is 5. The summed E-state index contributed by atoms with van der Waals surface area (Å²) in [7, 11) is 1.71. The summed E-state index contributed by atoms with van der Waals surface area (Å²) in [5, 5.41) is 21.2. The zero-order chi connectivity index (χ0) is 13.0.